The van der Waals surface area contributed by atoms with Gasteiger partial charge < -0.3 is 9.67 Å². The van der Waals surface area contributed by atoms with Crippen molar-refractivity contribution in [3.63, 3.8) is 0 Å². The second kappa shape index (κ2) is 10.7. The summed E-state index contributed by atoms with van der Waals surface area (Å²) in [5.41, 5.74) is 3.34. The van der Waals surface area contributed by atoms with E-state index in [2.05, 4.69) is 0 Å². The molecule has 2 aliphatic rings. The Morgan fingerprint density at radius 2 is 0.796 bits per heavy atom. The number of phenols is 1. The van der Waals surface area contributed by atoms with Gasteiger partial charge >= 0.3 is 0 Å². The molecule has 0 atom stereocenters. The van der Waals surface area contributed by atoms with Crippen LogP contribution < -0.4 is 9.80 Å². The quantitative estimate of drug-likeness (QED) is 0.146. The number of aromatic nitrogens is 1. The van der Waals surface area contributed by atoms with Crippen molar-refractivity contribution in [3.05, 3.63) is 168 Å². The third-order valence-corrected chi connectivity index (χ3v) is 10.9. The van der Waals surface area contributed by atoms with Crippen molar-refractivity contribution in [3.8, 4) is 11.4 Å². The fourth-order valence-corrected chi connectivity index (χ4v) is 8.59. The van der Waals surface area contributed by atoms with Crippen molar-refractivity contribution >= 4 is 89.1 Å². The Kier molecular flexibility index (Phi) is 5.97. The summed E-state index contributed by atoms with van der Waals surface area (Å²) in [7, 11) is 0. The van der Waals surface area contributed by atoms with Gasteiger partial charge in [-0.1, -0.05) is 91.0 Å². The molecule has 0 radical (unpaired) electrons. The monoisotopic (exact) mass is 699 g/mol. The highest BCUT2D eigenvalue weighted by Gasteiger charge is 2.42. The van der Waals surface area contributed by atoms with Gasteiger partial charge in [-0.25, -0.2) is 9.80 Å². The molecule has 9 aromatic rings. The number of aromatic hydroxyl groups is 1. The van der Waals surface area contributed by atoms with Crippen LogP contribution in [0.15, 0.2) is 146 Å². The molecular weight excluding hydrogens is 675 g/mol. The van der Waals surface area contributed by atoms with Crippen LogP contribution in [-0.4, -0.2) is 33.3 Å². The van der Waals surface area contributed by atoms with E-state index in [1.54, 1.807) is 24.3 Å². The number of carbonyl (C=O) groups is 4. The van der Waals surface area contributed by atoms with Crippen molar-refractivity contribution in [2.75, 3.05) is 9.80 Å². The zero-order chi connectivity index (χ0) is 36.4. The summed E-state index contributed by atoms with van der Waals surface area (Å²) in [6, 6.07) is 44.2. The van der Waals surface area contributed by atoms with Crippen molar-refractivity contribution in [2.45, 2.75) is 0 Å². The molecule has 8 heteroatoms. The topological polar surface area (TPSA) is 99.9 Å². The number of para-hydroxylation sites is 3. The molecule has 0 bridgehead atoms. The van der Waals surface area contributed by atoms with Gasteiger partial charge in [-0.05, 0) is 65.4 Å². The summed E-state index contributed by atoms with van der Waals surface area (Å²) in [6.45, 7) is 0. The highest BCUT2D eigenvalue weighted by molar-refractivity contribution is 6.43. The van der Waals surface area contributed by atoms with Crippen LogP contribution in [0, 0.1) is 0 Å². The van der Waals surface area contributed by atoms with Gasteiger partial charge in [-0.3, -0.25) is 19.2 Å². The van der Waals surface area contributed by atoms with Crippen LogP contribution >= 0.6 is 0 Å². The minimum atomic E-state index is -0.673. The van der Waals surface area contributed by atoms with Gasteiger partial charge in [-0.2, -0.15) is 0 Å². The van der Waals surface area contributed by atoms with Crippen LogP contribution in [0.2, 0.25) is 0 Å². The molecule has 1 aromatic heterocycles. The maximum absolute atomic E-state index is 14.5. The zero-order valence-electron chi connectivity index (χ0n) is 28.3. The van der Waals surface area contributed by atoms with E-state index in [0.717, 1.165) is 48.3 Å². The molecule has 0 spiro atoms. The van der Waals surface area contributed by atoms with Crippen LogP contribution in [0.3, 0.4) is 0 Å². The van der Waals surface area contributed by atoms with E-state index in [9.17, 15) is 24.3 Å². The van der Waals surface area contributed by atoms with Crippen LogP contribution in [-0.2, 0) is 0 Å². The number of imide groups is 2. The lowest BCUT2D eigenvalue weighted by Gasteiger charge is -2.33. The van der Waals surface area contributed by atoms with Gasteiger partial charge in [0.05, 0.1) is 28.1 Å². The zero-order valence-corrected chi connectivity index (χ0v) is 28.3. The summed E-state index contributed by atoms with van der Waals surface area (Å²) < 4.78 is 1.92. The Balaban J connectivity index is 1.07. The molecule has 0 aliphatic carbocycles. The second-order valence-electron chi connectivity index (χ2n) is 13.6. The molecule has 11 rings (SSSR count). The van der Waals surface area contributed by atoms with Crippen molar-refractivity contribution < 1.29 is 24.3 Å². The molecule has 0 saturated heterocycles. The highest BCUT2D eigenvalue weighted by Crippen LogP contribution is 2.45. The van der Waals surface area contributed by atoms with E-state index >= 15 is 0 Å². The van der Waals surface area contributed by atoms with Crippen molar-refractivity contribution in [1.29, 1.82) is 0 Å². The number of phenolic OH excluding ortho intramolecular Hbond substituents is 1. The van der Waals surface area contributed by atoms with Crippen LogP contribution in [0.4, 0.5) is 11.4 Å². The second-order valence-corrected chi connectivity index (χ2v) is 13.6. The number of amides is 4. The van der Waals surface area contributed by atoms with Gasteiger partial charge in [0.25, 0.3) is 23.6 Å². The van der Waals surface area contributed by atoms with Gasteiger partial charge in [-0.15, -0.1) is 0 Å². The maximum atomic E-state index is 14.5. The molecule has 1 N–H and O–H groups in total. The molecule has 3 heterocycles. The minimum Gasteiger partial charge on any atom is -0.504 e. The van der Waals surface area contributed by atoms with E-state index in [1.807, 2.05) is 108 Å². The summed E-state index contributed by atoms with van der Waals surface area (Å²) in [6.07, 6.45) is 0. The molecule has 2 aliphatic heterocycles. The minimum absolute atomic E-state index is 0.0181. The Bertz CT molecular complexity index is 3050. The first kappa shape index (κ1) is 30.1. The predicted octanol–water partition coefficient (Wildman–Crippen LogP) is 9.55. The maximum Gasteiger partial charge on any atom is 0.266 e. The first-order chi connectivity index (χ1) is 26.4. The molecule has 0 unspecified atom stereocenters. The predicted molar refractivity (Wildman–Crippen MR) is 210 cm³/mol. The summed E-state index contributed by atoms with van der Waals surface area (Å²) >= 11 is 0. The smallest absolute Gasteiger partial charge is 0.266 e. The molecule has 0 saturated carbocycles. The fraction of sp³-hybridized carbons (Fsp3) is 0. The summed E-state index contributed by atoms with van der Waals surface area (Å²) in [5, 5.41) is 17.7. The molecule has 4 amide bonds. The van der Waals surface area contributed by atoms with Crippen LogP contribution in [0.25, 0.3) is 59.8 Å². The Labute approximate surface area is 306 Å². The molecular formula is C46H25N3O5. The van der Waals surface area contributed by atoms with E-state index < -0.39 is 23.6 Å². The third-order valence-electron chi connectivity index (χ3n) is 10.9. The number of fused-ring (bicyclic) bond motifs is 5. The number of rotatable bonds is 3. The van der Waals surface area contributed by atoms with Crippen LogP contribution in [0.1, 0.15) is 41.4 Å². The van der Waals surface area contributed by atoms with E-state index in [4.69, 9.17) is 0 Å². The lowest BCUT2D eigenvalue weighted by atomic mass is 9.85. The first-order valence-corrected chi connectivity index (χ1v) is 17.5. The van der Waals surface area contributed by atoms with Gasteiger partial charge in [0.1, 0.15) is 0 Å². The van der Waals surface area contributed by atoms with E-state index in [1.165, 1.54) is 23.1 Å². The Morgan fingerprint density at radius 3 is 1.30 bits per heavy atom. The van der Waals surface area contributed by atoms with E-state index in [-0.39, 0.29) is 44.5 Å². The number of hydrogen-bond acceptors (Lipinski definition) is 5. The molecule has 8 aromatic carbocycles. The summed E-state index contributed by atoms with van der Waals surface area (Å²) in [5.74, 6) is -2.68. The molecule has 54 heavy (non-hydrogen) atoms. The Morgan fingerprint density at radius 1 is 0.389 bits per heavy atom. The fourth-order valence-electron chi connectivity index (χ4n) is 8.59. The first-order valence-electron chi connectivity index (χ1n) is 17.5. The molecule has 8 nitrogen and oxygen atoms in total. The third kappa shape index (κ3) is 3.80. The van der Waals surface area contributed by atoms with Crippen molar-refractivity contribution in [2.24, 2.45) is 0 Å². The number of benzene rings is 8. The average Bonchev–Trinajstić information content (AvgIpc) is 3.53. The largest absolute Gasteiger partial charge is 0.504 e. The SMILES string of the molecule is O=C1c2ccc3c4c(ccc(c24)C(=O)N1c1cccc(-n2c4ccccc4c4ccccc42)c1O)C(=O)N(c1c2ccccc2cc2ccccc12)C3=O. The lowest BCUT2D eigenvalue weighted by Crippen LogP contribution is -2.43. The van der Waals surface area contributed by atoms with Gasteiger partial charge in [0.15, 0.2) is 5.75 Å². The molecule has 0 fully saturated rings. The number of hydrogen-bond donors (Lipinski definition) is 1. The normalized spacial score (nSPS) is 14.1. The number of anilines is 2. The average molecular weight is 700 g/mol. The Hall–Kier alpha value is -7.58. The van der Waals surface area contributed by atoms with E-state index in [0.29, 0.717) is 11.4 Å². The summed E-state index contributed by atoms with van der Waals surface area (Å²) in [4.78, 5) is 60.2. The molecule has 254 valence electrons. The van der Waals surface area contributed by atoms with Crippen LogP contribution in [0.5, 0.6) is 5.75 Å². The highest BCUT2D eigenvalue weighted by atomic mass is 16.3. The van der Waals surface area contributed by atoms with Gasteiger partial charge in [0, 0.05) is 54.6 Å². The standard InChI is InChI=1S/C46H25N3O5/c50-42-37(47-35-16-7-5-14-29(35)30-15-6-8-17-36(30)47)18-9-19-38(42)48-43(51)31-20-22-33-40-34(23-21-32(39(31)40)44(48)52)46(54)49(45(33)53)41-27-12-3-1-10-25(27)24-26-11-2-4-13-28(26)41/h1-24,50H. The number of carbonyl (C=O) groups excluding carboxylic acids is 4. The van der Waals surface area contributed by atoms with Crippen molar-refractivity contribution in [1.82, 2.24) is 4.57 Å². The lowest BCUT2D eigenvalue weighted by molar-refractivity contribution is 0.0873. The number of nitrogens with zero attached hydrogens (tertiary/aromatic N) is 3. The van der Waals surface area contributed by atoms with Gasteiger partial charge in [0.2, 0.25) is 0 Å².